The van der Waals surface area contributed by atoms with Gasteiger partial charge in [-0.25, -0.2) is 0 Å². The molecule has 30 heavy (non-hydrogen) atoms. The van der Waals surface area contributed by atoms with Crippen molar-refractivity contribution in [1.29, 1.82) is 0 Å². The zero-order chi connectivity index (χ0) is 21.5. The molecule has 0 bridgehead atoms. The molecule has 0 spiro atoms. The average Bonchev–Trinajstić information content (AvgIpc) is 3.14. The van der Waals surface area contributed by atoms with Crippen LogP contribution in [-0.2, 0) is 23.6 Å². The third-order valence-corrected chi connectivity index (χ3v) is 6.32. The number of carbonyl (C=O) groups excluding carboxylic acids is 1. The molecule has 0 aliphatic rings. The summed E-state index contributed by atoms with van der Waals surface area (Å²) in [6, 6.07) is 12.9. The Morgan fingerprint density at radius 2 is 1.90 bits per heavy atom. The van der Waals surface area contributed by atoms with E-state index in [2.05, 4.69) is 15.5 Å². The van der Waals surface area contributed by atoms with E-state index in [1.807, 2.05) is 41.8 Å². The van der Waals surface area contributed by atoms with Crippen LogP contribution in [0.4, 0.5) is 0 Å². The highest BCUT2D eigenvalue weighted by Crippen LogP contribution is 2.27. The summed E-state index contributed by atoms with van der Waals surface area (Å²) in [5.41, 5.74) is 1.83. The second-order valence-corrected chi connectivity index (χ2v) is 8.42. The highest BCUT2D eigenvalue weighted by Gasteiger charge is 2.12. The van der Waals surface area contributed by atoms with Crippen molar-refractivity contribution in [3.8, 4) is 0 Å². The molecule has 0 aliphatic carbocycles. The van der Waals surface area contributed by atoms with E-state index in [0.717, 1.165) is 16.3 Å². The normalized spacial score (nSPS) is 11.2. The minimum absolute atomic E-state index is 0.231. The van der Waals surface area contributed by atoms with Crippen molar-refractivity contribution in [2.24, 2.45) is 0 Å². The molecule has 5 nitrogen and oxygen atoms in total. The number of halogens is 3. The van der Waals surface area contributed by atoms with Gasteiger partial charge in [-0.3, -0.25) is 4.79 Å². The summed E-state index contributed by atoms with van der Waals surface area (Å²) in [6.45, 7) is 2.98. The Balaban J connectivity index is 1.59. The lowest BCUT2D eigenvalue weighted by Crippen LogP contribution is -2.22. The first-order valence-electron chi connectivity index (χ1n) is 9.17. The Kier molecular flexibility index (Phi) is 8.22. The quantitative estimate of drug-likeness (QED) is 0.322. The van der Waals surface area contributed by atoms with Crippen LogP contribution >= 0.6 is 46.6 Å². The van der Waals surface area contributed by atoms with E-state index in [4.69, 9.17) is 34.8 Å². The molecule has 0 saturated heterocycles. The molecule has 0 atom stereocenters. The molecule has 0 aliphatic heterocycles. The molecule has 3 aromatic rings. The fourth-order valence-electron chi connectivity index (χ4n) is 2.65. The Morgan fingerprint density at radius 1 is 1.10 bits per heavy atom. The van der Waals surface area contributed by atoms with Gasteiger partial charge in [-0.1, -0.05) is 70.8 Å². The Bertz CT molecular complexity index is 1070. The van der Waals surface area contributed by atoms with Crippen molar-refractivity contribution < 1.29 is 4.79 Å². The number of aromatic nitrogens is 3. The molecular weight excluding hydrogens is 463 g/mol. The molecular formula is C21H19Cl3N4OS. The Labute approximate surface area is 194 Å². The predicted octanol–water partition coefficient (Wildman–Crippen LogP) is 5.88. The number of hydrogen-bond donors (Lipinski definition) is 1. The number of hydrogen-bond acceptors (Lipinski definition) is 4. The van der Waals surface area contributed by atoms with Gasteiger partial charge in [0.15, 0.2) is 11.0 Å². The standard InChI is InChI=1S/C21H19Cl3N4OS/c1-2-28-19(12-25-20(29)10-8-15-5-3-4-6-16(15)22)26-27-21(28)30-13-14-7-9-17(23)18(24)11-14/h3-11H,2,12-13H2,1H3,(H,25,29)/b10-8+. The lowest BCUT2D eigenvalue weighted by molar-refractivity contribution is -0.116. The summed E-state index contributed by atoms with van der Waals surface area (Å²) in [4.78, 5) is 12.2. The van der Waals surface area contributed by atoms with Gasteiger partial charge in [0.05, 0.1) is 16.6 Å². The van der Waals surface area contributed by atoms with Crippen LogP contribution in [0.25, 0.3) is 6.08 Å². The molecule has 156 valence electrons. The van der Waals surface area contributed by atoms with Crippen LogP contribution in [0.5, 0.6) is 0 Å². The maximum absolute atomic E-state index is 12.2. The van der Waals surface area contributed by atoms with Crippen LogP contribution in [0.3, 0.4) is 0 Å². The third kappa shape index (κ3) is 6.01. The van der Waals surface area contributed by atoms with Crippen molar-refractivity contribution in [1.82, 2.24) is 20.1 Å². The second-order valence-electron chi connectivity index (χ2n) is 6.25. The van der Waals surface area contributed by atoms with Gasteiger partial charge in [-0.15, -0.1) is 10.2 Å². The van der Waals surface area contributed by atoms with Crippen molar-refractivity contribution in [3.63, 3.8) is 0 Å². The van der Waals surface area contributed by atoms with E-state index < -0.39 is 0 Å². The largest absolute Gasteiger partial charge is 0.345 e. The predicted molar refractivity (Wildman–Crippen MR) is 124 cm³/mol. The maximum atomic E-state index is 12.2. The average molecular weight is 482 g/mol. The minimum Gasteiger partial charge on any atom is -0.345 e. The van der Waals surface area contributed by atoms with E-state index in [9.17, 15) is 4.79 Å². The molecule has 2 aromatic carbocycles. The molecule has 1 N–H and O–H groups in total. The monoisotopic (exact) mass is 480 g/mol. The lowest BCUT2D eigenvalue weighted by Gasteiger charge is -2.08. The van der Waals surface area contributed by atoms with Crippen LogP contribution in [0, 0.1) is 0 Å². The van der Waals surface area contributed by atoms with E-state index in [0.29, 0.717) is 33.2 Å². The summed E-state index contributed by atoms with van der Waals surface area (Å²) in [7, 11) is 0. The molecule has 0 fully saturated rings. The van der Waals surface area contributed by atoms with Gasteiger partial charge in [0.2, 0.25) is 5.91 Å². The number of nitrogens with one attached hydrogen (secondary N) is 1. The summed E-state index contributed by atoms with van der Waals surface area (Å²) < 4.78 is 1.97. The van der Waals surface area contributed by atoms with Gasteiger partial charge in [0, 0.05) is 23.4 Å². The second kappa shape index (κ2) is 10.9. The van der Waals surface area contributed by atoms with Crippen LogP contribution in [0.1, 0.15) is 23.9 Å². The molecule has 0 unspecified atom stereocenters. The van der Waals surface area contributed by atoms with E-state index >= 15 is 0 Å². The summed E-state index contributed by atoms with van der Waals surface area (Å²) in [6.07, 6.45) is 3.13. The number of amides is 1. The van der Waals surface area contributed by atoms with Gasteiger partial charge >= 0.3 is 0 Å². The molecule has 1 amide bonds. The summed E-state index contributed by atoms with van der Waals surface area (Å²) in [5, 5.41) is 13.7. The molecule has 3 rings (SSSR count). The summed E-state index contributed by atoms with van der Waals surface area (Å²) in [5.74, 6) is 1.14. The van der Waals surface area contributed by atoms with Gasteiger partial charge in [-0.2, -0.15) is 0 Å². The van der Waals surface area contributed by atoms with Crippen molar-refractivity contribution in [2.75, 3.05) is 0 Å². The fourth-order valence-corrected chi connectivity index (χ4v) is 4.14. The van der Waals surface area contributed by atoms with Crippen molar-refractivity contribution >= 4 is 58.5 Å². The van der Waals surface area contributed by atoms with E-state index in [-0.39, 0.29) is 12.5 Å². The van der Waals surface area contributed by atoms with Crippen LogP contribution < -0.4 is 5.32 Å². The third-order valence-electron chi connectivity index (χ3n) is 4.20. The highest BCUT2D eigenvalue weighted by molar-refractivity contribution is 7.98. The number of carbonyl (C=O) groups is 1. The summed E-state index contributed by atoms with van der Waals surface area (Å²) >= 11 is 19.7. The first-order chi connectivity index (χ1) is 14.5. The molecule has 1 heterocycles. The number of rotatable bonds is 8. The molecule has 1 aromatic heterocycles. The highest BCUT2D eigenvalue weighted by atomic mass is 35.5. The van der Waals surface area contributed by atoms with E-state index in [1.165, 1.54) is 6.08 Å². The van der Waals surface area contributed by atoms with Crippen LogP contribution in [0.15, 0.2) is 53.7 Å². The molecule has 9 heteroatoms. The number of benzene rings is 2. The molecule has 0 radical (unpaired) electrons. The smallest absolute Gasteiger partial charge is 0.244 e. The Morgan fingerprint density at radius 3 is 2.63 bits per heavy atom. The lowest BCUT2D eigenvalue weighted by atomic mass is 10.2. The first-order valence-corrected chi connectivity index (χ1v) is 11.3. The fraction of sp³-hybridized carbons (Fsp3) is 0.190. The zero-order valence-corrected chi connectivity index (χ0v) is 19.2. The van der Waals surface area contributed by atoms with Crippen LogP contribution in [-0.4, -0.2) is 20.7 Å². The topological polar surface area (TPSA) is 59.8 Å². The van der Waals surface area contributed by atoms with Gasteiger partial charge in [0.1, 0.15) is 0 Å². The maximum Gasteiger partial charge on any atom is 0.244 e. The minimum atomic E-state index is -0.231. The SMILES string of the molecule is CCn1c(CNC(=O)/C=C/c2ccccc2Cl)nnc1SCc1ccc(Cl)c(Cl)c1. The first kappa shape index (κ1) is 22.7. The van der Waals surface area contributed by atoms with Gasteiger partial charge < -0.3 is 9.88 Å². The van der Waals surface area contributed by atoms with E-state index in [1.54, 1.807) is 30.0 Å². The van der Waals surface area contributed by atoms with Crippen molar-refractivity contribution in [2.45, 2.75) is 30.9 Å². The zero-order valence-electron chi connectivity index (χ0n) is 16.1. The van der Waals surface area contributed by atoms with Crippen molar-refractivity contribution in [3.05, 3.63) is 80.6 Å². The number of thioether (sulfide) groups is 1. The number of nitrogens with zero attached hydrogens (tertiary/aromatic N) is 3. The van der Waals surface area contributed by atoms with Gasteiger partial charge in [0.25, 0.3) is 0 Å². The van der Waals surface area contributed by atoms with Crippen LogP contribution in [0.2, 0.25) is 15.1 Å². The van der Waals surface area contributed by atoms with Gasteiger partial charge in [-0.05, 0) is 42.3 Å². The Hall–Kier alpha value is -1.99. The molecule has 0 saturated carbocycles.